The number of aryl methyl sites for hydroxylation is 2. The Bertz CT molecular complexity index is 1340. The molecule has 2 heterocycles. The summed E-state index contributed by atoms with van der Waals surface area (Å²) in [4.78, 5) is 30.5. The van der Waals surface area contributed by atoms with Gasteiger partial charge in [-0.2, -0.15) is 0 Å². The lowest BCUT2D eigenvalue weighted by Crippen LogP contribution is -2.34. The van der Waals surface area contributed by atoms with Crippen LogP contribution in [0, 0.1) is 13.8 Å². The summed E-state index contributed by atoms with van der Waals surface area (Å²) >= 11 is 0. The van der Waals surface area contributed by atoms with E-state index in [1.807, 2.05) is 43.3 Å². The van der Waals surface area contributed by atoms with Crippen molar-refractivity contribution in [3.8, 4) is 11.5 Å². The van der Waals surface area contributed by atoms with Crippen molar-refractivity contribution >= 4 is 11.7 Å². The van der Waals surface area contributed by atoms with E-state index in [0.717, 1.165) is 30.9 Å². The maximum absolute atomic E-state index is 13.5. The zero-order valence-electron chi connectivity index (χ0n) is 23.7. The molecule has 4 rings (SSSR count). The number of hydrogen-bond donors (Lipinski definition) is 1. The molecule has 2 aromatic carbocycles. The highest BCUT2D eigenvalue weighted by molar-refractivity contribution is 6.15. The molecule has 1 atom stereocenters. The minimum absolute atomic E-state index is 0.0301. The van der Waals surface area contributed by atoms with Crippen molar-refractivity contribution < 1.29 is 28.6 Å². The fraction of sp³-hybridized carbons (Fsp3) is 0.375. The minimum Gasteiger partial charge on any atom is -0.503 e. The Kier molecular flexibility index (Phi) is 9.66. The van der Waals surface area contributed by atoms with Gasteiger partial charge in [0, 0.05) is 6.54 Å². The van der Waals surface area contributed by atoms with Crippen molar-refractivity contribution in [1.82, 2.24) is 9.80 Å². The van der Waals surface area contributed by atoms with Crippen LogP contribution in [-0.4, -0.2) is 66.0 Å². The molecule has 3 aromatic rings. The number of furan rings is 1. The van der Waals surface area contributed by atoms with Crippen molar-refractivity contribution in [3.05, 3.63) is 94.6 Å². The highest BCUT2D eigenvalue weighted by Crippen LogP contribution is 2.39. The molecule has 1 aliphatic heterocycles. The van der Waals surface area contributed by atoms with Crippen molar-refractivity contribution in [2.24, 2.45) is 0 Å². The number of aliphatic hydroxyl groups excluding tert-OH is 1. The first-order chi connectivity index (χ1) is 19.3. The van der Waals surface area contributed by atoms with E-state index in [9.17, 15) is 14.7 Å². The molecule has 1 unspecified atom stereocenters. The van der Waals surface area contributed by atoms with Crippen LogP contribution in [0.5, 0.6) is 11.5 Å². The summed E-state index contributed by atoms with van der Waals surface area (Å²) in [5.74, 6) is 0.555. The van der Waals surface area contributed by atoms with Crippen LogP contribution in [0.2, 0.25) is 0 Å². The third-order valence-electron chi connectivity index (χ3n) is 7.18. The molecule has 212 valence electrons. The van der Waals surface area contributed by atoms with Crippen molar-refractivity contribution in [1.29, 1.82) is 0 Å². The zero-order chi connectivity index (χ0) is 28.6. The van der Waals surface area contributed by atoms with Gasteiger partial charge in [-0.15, -0.1) is 0 Å². The van der Waals surface area contributed by atoms with E-state index < -0.39 is 23.5 Å². The second kappa shape index (κ2) is 13.3. The van der Waals surface area contributed by atoms with E-state index in [-0.39, 0.29) is 11.3 Å². The van der Waals surface area contributed by atoms with Crippen LogP contribution in [0.15, 0.2) is 76.4 Å². The van der Waals surface area contributed by atoms with E-state index >= 15 is 0 Å². The number of benzene rings is 2. The summed E-state index contributed by atoms with van der Waals surface area (Å²) in [5.41, 5.74) is 1.80. The summed E-state index contributed by atoms with van der Waals surface area (Å²) < 4.78 is 17.2. The molecule has 0 aliphatic carbocycles. The molecule has 0 saturated heterocycles. The van der Waals surface area contributed by atoms with Crippen LogP contribution >= 0.6 is 0 Å². The van der Waals surface area contributed by atoms with Crippen LogP contribution < -0.4 is 9.47 Å². The van der Waals surface area contributed by atoms with E-state index in [1.165, 1.54) is 0 Å². The van der Waals surface area contributed by atoms with Gasteiger partial charge < -0.3 is 28.8 Å². The molecular formula is C32H38N2O6. The molecule has 8 nitrogen and oxygen atoms in total. The molecule has 1 aliphatic rings. The lowest BCUT2D eigenvalue weighted by Gasteiger charge is -2.28. The summed E-state index contributed by atoms with van der Waals surface area (Å²) in [7, 11) is 0. The predicted molar refractivity (Wildman–Crippen MR) is 153 cm³/mol. The second-order valence-electron chi connectivity index (χ2n) is 9.81. The molecule has 0 spiro atoms. The Morgan fingerprint density at radius 1 is 0.975 bits per heavy atom. The molecule has 8 heteroatoms. The maximum atomic E-state index is 13.5. The first-order valence-corrected chi connectivity index (χ1v) is 13.8. The van der Waals surface area contributed by atoms with Crippen LogP contribution in [0.25, 0.3) is 0 Å². The number of carbonyl (C=O) groups excluding carboxylic acids is 2. The van der Waals surface area contributed by atoms with Crippen LogP contribution in [-0.2, 0) is 4.79 Å². The van der Waals surface area contributed by atoms with Gasteiger partial charge in [0.2, 0.25) is 5.78 Å². The molecule has 1 aromatic heterocycles. The normalized spacial score (nSPS) is 15.3. The number of para-hydroxylation sites is 1. The zero-order valence-corrected chi connectivity index (χ0v) is 23.7. The Labute approximate surface area is 235 Å². The first-order valence-electron chi connectivity index (χ1n) is 13.8. The van der Waals surface area contributed by atoms with E-state index in [1.54, 1.807) is 36.1 Å². The van der Waals surface area contributed by atoms with E-state index in [0.29, 0.717) is 43.3 Å². The Hall–Kier alpha value is -4.04. The third-order valence-corrected chi connectivity index (χ3v) is 7.18. The quantitative estimate of drug-likeness (QED) is 0.206. The highest BCUT2D eigenvalue weighted by Gasteiger charge is 2.44. The molecule has 0 radical (unpaired) electrons. The van der Waals surface area contributed by atoms with E-state index in [2.05, 4.69) is 18.7 Å². The maximum Gasteiger partial charge on any atom is 0.290 e. The first kappa shape index (κ1) is 29.0. The standard InChI is InChI=1S/C32H38N2O6/c1-5-33(6-2)18-9-19-34-29(28(31(36)32(34)37)30(35)27-17-12-23(4)40-27)24-13-15-25(16-14-24)38-20-21-39-26-11-8-7-10-22(26)3/h7-8,10-17,29,36H,5-6,9,18-21H2,1-4H3. The number of nitrogens with zero attached hydrogens (tertiary/aromatic N) is 2. The summed E-state index contributed by atoms with van der Waals surface area (Å²) in [6, 6.07) is 17.6. The van der Waals surface area contributed by atoms with Crippen LogP contribution in [0.4, 0.5) is 0 Å². The van der Waals surface area contributed by atoms with Gasteiger partial charge >= 0.3 is 0 Å². The molecule has 0 saturated carbocycles. The molecule has 0 bridgehead atoms. The predicted octanol–water partition coefficient (Wildman–Crippen LogP) is 5.66. The smallest absolute Gasteiger partial charge is 0.290 e. The SMILES string of the molecule is CCN(CC)CCCN1C(=O)C(O)=C(C(=O)c2ccc(C)o2)C1c1ccc(OCCOc2ccccc2C)cc1. The minimum atomic E-state index is -0.736. The summed E-state index contributed by atoms with van der Waals surface area (Å²) in [5, 5.41) is 10.9. The number of carbonyl (C=O) groups is 2. The molecule has 0 fully saturated rings. The van der Waals surface area contributed by atoms with Gasteiger partial charge in [0.1, 0.15) is 30.5 Å². The number of amides is 1. The second-order valence-corrected chi connectivity index (χ2v) is 9.81. The van der Waals surface area contributed by atoms with Gasteiger partial charge in [-0.05, 0) is 81.4 Å². The number of ether oxygens (including phenoxy) is 2. The van der Waals surface area contributed by atoms with E-state index in [4.69, 9.17) is 13.9 Å². The Morgan fingerprint density at radius 3 is 2.33 bits per heavy atom. The Balaban J connectivity index is 1.50. The number of rotatable bonds is 14. The fourth-order valence-corrected chi connectivity index (χ4v) is 4.93. The average Bonchev–Trinajstić information content (AvgIpc) is 3.51. The lowest BCUT2D eigenvalue weighted by molar-refractivity contribution is -0.129. The van der Waals surface area contributed by atoms with Gasteiger partial charge in [-0.3, -0.25) is 9.59 Å². The van der Waals surface area contributed by atoms with Crippen molar-refractivity contribution in [2.75, 3.05) is 39.4 Å². The lowest BCUT2D eigenvalue weighted by atomic mass is 9.95. The van der Waals surface area contributed by atoms with Gasteiger partial charge in [0.25, 0.3) is 5.91 Å². The number of Topliss-reactive ketones (excluding diaryl/α,β-unsaturated/α-hetero) is 1. The number of aliphatic hydroxyl groups is 1. The average molecular weight is 547 g/mol. The summed E-state index contributed by atoms with van der Waals surface area (Å²) in [6.45, 7) is 11.7. The summed E-state index contributed by atoms with van der Waals surface area (Å²) in [6.07, 6.45) is 0.709. The third kappa shape index (κ3) is 6.57. The van der Waals surface area contributed by atoms with Gasteiger partial charge in [0.05, 0.1) is 11.6 Å². The van der Waals surface area contributed by atoms with Crippen LogP contribution in [0.1, 0.15) is 53.8 Å². The number of ketones is 1. The van der Waals surface area contributed by atoms with Gasteiger partial charge in [0.15, 0.2) is 11.5 Å². The Morgan fingerprint density at radius 2 is 1.68 bits per heavy atom. The van der Waals surface area contributed by atoms with Crippen molar-refractivity contribution in [2.45, 2.75) is 40.2 Å². The fourth-order valence-electron chi connectivity index (χ4n) is 4.93. The monoisotopic (exact) mass is 546 g/mol. The highest BCUT2D eigenvalue weighted by atomic mass is 16.5. The molecule has 40 heavy (non-hydrogen) atoms. The topological polar surface area (TPSA) is 92.5 Å². The van der Waals surface area contributed by atoms with Crippen molar-refractivity contribution in [3.63, 3.8) is 0 Å². The van der Waals surface area contributed by atoms with Gasteiger partial charge in [-0.1, -0.05) is 44.2 Å². The van der Waals surface area contributed by atoms with Gasteiger partial charge in [-0.25, -0.2) is 0 Å². The molecule has 1 amide bonds. The number of hydrogen-bond acceptors (Lipinski definition) is 7. The molecule has 1 N–H and O–H groups in total. The molecular weight excluding hydrogens is 508 g/mol. The largest absolute Gasteiger partial charge is 0.503 e. The van der Waals surface area contributed by atoms with Crippen LogP contribution in [0.3, 0.4) is 0 Å².